The van der Waals surface area contributed by atoms with Gasteiger partial charge in [-0.2, -0.15) is 0 Å². The monoisotopic (exact) mass is 211 g/mol. The number of aryl methyl sites for hydroxylation is 1. The Bertz CT molecular complexity index is 314. The third-order valence-corrected chi connectivity index (χ3v) is 2.62. The quantitative estimate of drug-likeness (QED) is 0.802. The van der Waals surface area contributed by atoms with Crippen LogP contribution in [0.25, 0.3) is 0 Å². The summed E-state index contributed by atoms with van der Waals surface area (Å²) < 4.78 is 13.1. The van der Waals surface area contributed by atoms with Crippen LogP contribution in [-0.2, 0) is 0 Å². The van der Waals surface area contributed by atoms with Gasteiger partial charge in [-0.25, -0.2) is 4.39 Å². The van der Waals surface area contributed by atoms with Crippen LogP contribution in [0.2, 0.25) is 0 Å². The Hall–Kier alpha value is -1.09. The molecule has 1 aromatic rings. The van der Waals surface area contributed by atoms with Crippen LogP contribution in [0.3, 0.4) is 0 Å². The normalized spacial score (nSPS) is 14.7. The summed E-state index contributed by atoms with van der Waals surface area (Å²) in [5.74, 6) is -0.256. The van der Waals surface area contributed by atoms with Crippen LogP contribution in [0.15, 0.2) is 18.2 Å². The lowest BCUT2D eigenvalue weighted by Gasteiger charge is -2.28. The maximum Gasteiger partial charge on any atom is 0.125 e. The van der Waals surface area contributed by atoms with E-state index in [9.17, 15) is 9.50 Å². The number of hydrogen-bond donors (Lipinski definition) is 2. The molecule has 2 N–H and O–H groups in total. The summed E-state index contributed by atoms with van der Waals surface area (Å²) in [6, 6.07) is 4.79. The average Bonchev–Trinajstić information content (AvgIpc) is 2.16. The molecule has 1 unspecified atom stereocenters. The number of rotatable bonds is 4. The van der Waals surface area contributed by atoms with Crippen molar-refractivity contribution in [1.29, 1.82) is 0 Å². The molecule has 0 fully saturated rings. The molecule has 1 rings (SSSR count). The largest absolute Gasteiger partial charge is 0.394 e. The Kier molecular flexibility index (Phi) is 3.69. The van der Waals surface area contributed by atoms with E-state index >= 15 is 0 Å². The zero-order valence-corrected chi connectivity index (χ0v) is 9.47. The minimum absolute atomic E-state index is 0.0268. The van der Waals surface area contributed by atoms with E-state index in [0.29, 0.717) is 5.69 Å². The Labute approximate surface area is 90.1 Å². The molecule has 0 aromatic heterocycles. The third-order valence-electron chi connectivity index (χ3n) is 2.62. The van der Waals surface area contributed by atoms with E-state index in [4.69, 9.17) is 0 Å². The van der Waals surface area contributed by atoms with Gasteiger partial charge in [-0.15, -0.1) is 0 Å². The van der Waals surface area contributed by atoms with E-state index < -0.39 is 0 Å². The van der Waals surface area contributed by atoms with Crippen molar-refractivity contribution in [2.75, 3.05) is 11.9 Å². The highest BCUT2D eigenvalue weighted by atomic mass is 19.1. The molecule has 1 aromatic carbocycles. The van der Waals surface area contributed by atoms with Gasteiger partial charge in [0.05, 0.1) is 12.1 Å². The van der Waals surface area contributed by atoms with Crippen molar-refractivity contribution in [3.05, 3.63) is 29.6 Å². The second kappa shape index (κ2) is 4.62. The highest BCUT2D eigenvalue weighted by Gasteiger charge is 2.20. The smallest absolute Gasteiger partial charge is 0.125 e. The Morgan fingerprint density at radius 3 is 2.53 bits per heavy atom. The zero-order valence-electron chi connectivity index (χ0n) is 9.47. The first kappa shape index (κ1) is 12.0. The van der Waals surface area contributed by atoms with Crippen molar-refractivity contribution in [2.24, 2.45) is 0 Å². The van der Waals surface area contributed by atoms with Crippen molar-refractivity contribution >= 4 is 5.69 Å². The zero-order chi connectivity index (χ0) is 11.5. The fourth-order valence-corrected chi connectivity index (χ4v) is 1.40. The number of aliphatic hydroxyl groups is 1. The topological polar surface area (TPSA) is 32.3 Å². The van der Waals surface area contributed by atoms with Crippen LogP contribution in [0.4, 0.5) is 10.1 Å². The van der Waals surface area contributed by atoms with Crippen LogP contribution in [0, 0.1) is 12.7 Å². The number of aliphatic hydroxyl groups excluding tert-OH is 1. The average molecular weight is 211 g/mol. The number of halogens is 1. The van der Waals surface area contributed by atoms with Gasteiger partial charge in [0.15, 0.2) is 0 Å². The third kappa shape index (κ3) is 3.20. The minimum Gasteiger partial charge on any atom is -0.394 e. The van der Waals surface area contributed by atoms with Crippen molar-refractivity contribution in [3.8, 4) is 0 Å². The number of hydrogen-bond acceptors (Lipinski definition) is 2. The Morgan fingerprint density at radius 1 is 1.40 bits per heavy atom. The Balaban J connectivity index is 2.88. The van der Waals surface area contributed by atoms with Crippen molar-refractivity contribution < 1.29 is 9.50 Å². The highest BCUT2D eigenvalue weighted by molar-refractivity contribution is 5.48. The molecule has 1 atom stereocenters. The molecule has 15 heavy (non-hydrogen) atoms. The first-order valence-electron chi connectivity index (χ1n) is 5.15. The van der Waals surface area contributed by atoms with Gasteiger partial charge in [0.25, 0.3) is 0 Å². The summed E-state index contributed by atoms with van der Waals surface area (Å²) in [4.78, 5) is 0. The molecule has 0 spiro atoms. The molecule has 84 valence electrons. The molecular weight excluding hydrogens is 193 g/mol. The lowest BCUT2D eigenvalue weighted by Crippen LogP contribution is -2.37. The summed E-state index contributed by atoms with van der Waals surface area (Å²) in [7, 11) is 0. The van der Waals surface area contributed by atoms with Crippen LogP contribution in [0.1, 0.15) is 25.8 Å². The minimum atomic E-state index is -0.389. The lowest BCUT2D eigenvalue weighted by molar-refractivity contribution is 0.219. The standard InChI is InChI=1S/C12H18FNO/c1-4-12(3,8-15)14-11-6-9(2)5-10(13)7-11/h5-7,14-15H,4,8H2,1-3H3. The number of nitrogens with one attached hydrogen (secondary N) is 1. The van der Waals surface area contributed by atoms with Crippen LogP contribution in [0.5, 0.6) is 0 Å². The molecular formula is C12H18FNO. The maximum atomic E-state index is 13.1. The van der Waals surface area contributed by atoms with E-state index in [1.165, 1.54) is 12.1 Å². The second-order valence-electron chi connectivity index (χ2n) is 4.21. The first-order valence-corrected chi connectivity index (χ1v) is 5.15. The fourth-order valence-electron chi connectivity index (χ4n) is 1.40. The van der Waals surface area contributed by atoms with Gasteiger partial charge in [-0.1, -0.05) is 6.92 Å². The molecule has 0 bridgehead atoms. The molecule has 0 saturated carbocycles. The first-order chi connectivity index (χ1) is 6.99. The Morgan fingerprint density at radius 2 is 2.07 bits per heavy atom. The summed E-state index contributed by atoms with van der Waals surface area (Å²) in [5.41, 5.74) is 1.19. The van der Waals surface area contributed by atoms with E-state index in [1.807, 2.05) is 26.8 Å². The van der Waals surface area contributed by atoms with Crippen molar-refractivity contribution in [1.82, 2.24) is 0 Å². The van der Waals surface area contributed by atoms with Crippen LogP contribution in [-0.4, -0.2) is 17.3 Å². The predicted molar refractivity (Wildman–Crippen MR) is 60.5 cm³/mol. The van der Waals surface area contributed by atoms with Crippen LogP contribution < -0.4 is 5.32 Å². The van der Waals surface area contributed by atoms with E-state index in [0.717, 1.165) is 12.0 Å². The van der Waals surface area contributed by atoms with Crippen molar-refractivity contribution in [2.45, 2.75) is 32.7 Å². The number of benzene rings is 1. The van der Waals surface area contributed by atoms with Crippen LogP contribution >= 0.6 is 0 Å². The van der Waals surface area contributed by atoms with Gasteiger partial charge in [0.2, 0.25) is 0 Å². The maximum absolute atomic E-state index is 13.1. The number of anilines is 1. The molecule has 3 heteroatoms. The molecule has 0 radical (unpaired) electrons. The fraction of sp³-hybridized carbons (Fsp3) is 0.500. The predicted octanol–water partition coefficient (Wildman–Crippen LogP) is 2.71. The molecule has 0 amide bonds. The van der Waals surface area contributed by atoms with Gasteiger partial charge in [0, 0.05) is 5.69 Å². The molecule has 0 aliphatic carbocycles. The van der Waals surface area contributed by atoms with Gasteiger partial charge >= 0.3 is 0 Å². The molecule has 0 aliphatic rings. The molecule has 0 saturated heterocycles. The van der Waals surface area contributed by atoms with E-state index in [-0.39, 0.29) is 18.0 Å². The lowest BCUT2D eigenvalue weighted by atomic mass is 9.99. The summed E-state index contributed by atoms with van der Waals surface area (Å²) in [5, 5.41) is 12.4. The molecule has 2 nitrogen and oxygen atoms in total. The summed E-state index contributed by atoms with van der Waals surface area (Å²) in [6.07, 6.45) is 0.777. The van der Waals surface area contributed by atoms with Gasteiger partial charge < -0.3 is 10.4 Å². The van der Waals surface area contributed by atoms with E-state index in [1.54, 1.807) is 0 Å². The van der Waals surface area contributed by atoms with Crippen molar-refractivity contribution in [3.63, 3.8) is 0 Å². The van der Waals surface area contributed by atoms with E-state index in [2.05, 4.69) is 5.32 Å². The molecule has 0 heterocycles. The second-order valence-corrected chi connectivity index (χ2v) is 4.21. The summed E-state index contributed by atoms with van der Waals surface area (Å²) in [6.45, 7) is 5.76. The van der Waals surface area contributed by atoms with Gasteiger partial charge in [0.1, 0.15) is 5.82 Å². The summed E-state index contributed by atoms with van der Waals surface area (Å²) >= 11 is 0. The van der Waals surface area contributed by atoms with Gasteiger partial charge in [-0.3, -0.25) is 0 Å². The highest BCUT2D eigenvalue weighted by Crippen LogP contribution is 2.20. The SMILES string of the molecule is CCC(C)(CO)Nc1cc(C)cc(F)c1. The molecule has 0 aliphatic heterocycles. The van der Waals surface area contributed by atoms with Gasteiger partial charge in [-0.05, 0) is 44.0 Å².